The molecule has 0 amide bonds. The molecule has 1 rings (SSSR count). The van der Waals surface area contributed by atoms with Crippen LogP contribution in [-0.4, -0.2) is 11.1 Å². The molecule has 1 nitrogen and oxygen atoms in total. The second kappa shape index (κ2) is 3.57. The number of hydrogen-bond acceptors (Lipinski definition) is 2. The first-order chi connectivity index (χ1) is 5.17. The number of hydrogen-bond donors (Lipinski definition) is 2. The summed E-state index contributed by atoms with van der Waals surface area (Å²) < 4.78 is 0. The summed E-state index contributed by atoms with van der Waals surface area (Å²) in [6.45, 7) is -0.129. The Labute approximate surface area is 73.0 Å². The largest absolute Gasteiger partial charge is 0.234 e. The van der Waals surface area contributed by atoms with Crippen LogP contribution < -0.4 is 5.30 Å². The lowest BCUT2D eigenvalue weighted by Crippen LogP contribution is -2.06. The van der Waals surface area contributed by atoms with Gasteiger partial charge < -0.3 is 0 Å². The van der Waals surface area contributed by atoms with Crippen molar-refractivity contribution in [2.45, 2.75) is 6.92 Å². The number of thiol groups is 1. The van der Waals surface area contributed by atoms with Crippen LogP contribution in [0.2, 0.25) is 0 Å². The highest BCUT2D eigenvalue weighted by Crippen LogP contribution is 2.57. The summed E-state index contributed by atoms with van der Waals surface area (Å²) in [5, 5.41) is 0.964. The van der Waals surface area contributed by atoms with E-state index in [9.17, 15) is 4.89 Å². The van der Waals surface area contributed by atoms with Crippen molar-refractivity contribution in [1.29, 1.82) is 0 Å². The Morgan fingerprint density at radius 3 is 2.36 bits per heavy atom. The van der Waals surface area contributed by atoms with Crippen molar-refractivity contribution in [1.82, 2.24) is 0 Å². The van der Waals surface area contributed by atoms with Gasteiger partial charge in [0.2, 0.25) is 6.69 Å². The van der Waals surface area contributed by atoms with Gasteiger partial charge in [-0.3, -0.25) is 0 Å². The second-order valence-electron chi connectivity index (χ2n) is 2.38. The van der Waals surface area contributed by atoms with Crippen LogP contribution in [0.15, 0.2) is 30.3 Å². The van der Waals surface area contributed by atoms with Crippen LogP contribution in [0.5, 0.6) is 0 Å². The zero-order valence-corrected chi connectivity index (χ0v) is 8.22. The molecule has 1 aromatic carbocycles. The van der Waals surface area contributed by atoms with Crippen LogP contribution in [0.4, 0.5) is 0 Å². The van der Waals surface area contributed by atoms with E-state index in [-0.39, 0.29) is 0 Å². The highest BCUT2D eigenvalue weighted by Gasteiger charge is 2.31. The maximum Gasteiger partial charge on any atom is 0.229 e. The molecular weight excluding hydrogens is 175 g/mol. The van der Waals surface area contributed by atoms with E-state index in [0.717, 1.165) is 11.5 Å². The molecule has 0 aliphatic heterocycles. The fourth-order valence-electron chi connectivity index (χ4n) is 0.849. The molecule has 0 saturated heterocycles. The average Bonchev–Trinajstić information content (AvgIpc) is 2.06. The first kappa shape index (κ1) is 9.05. The summed E-state index contributed by atoms with van der Waals surface area (Å²) in [4.78, 5) is 9.77. The van der Waals surface area contributed by atoms with Gasteiger partial charge in [0.25, 0.3) is 0 Å². The van der Waals surface area contributed by atoms with E-state index >= 15 is 0 Å². The van der Waals surface area contributed by atoms with Gasteiger partial charge in [-0.25, -0.2) is 4.89 Å². The van der Waals surface area contributed by atoms with E-state index < -0.39 is 6.69 Å². The van der Waals surface area contributed by atoms with E-state index in [2.05, 4.69) is 12.2 Å². The standard InChI is InChI=1S/C8H12OPS/c1-2-10(9,11)8-6-4-3-5-7-8/h3-7,9,11H,2H2,1H3/q+1. The molecule has 11 heavy (non-hydrogen) atoms. The van der Waals surface area contributed by atoms with Crippen molar-refractivity contribution in [3.05, 3.63) is 30.3 Å². The van der Waals surface area contributed by atoms with Crippen molar-refractivity contribution < 1.29 is 4.89 Å². The van der Waals surface area contributed by atoms with E-state index in [1.54, 1.807) is 0 Å². The van der Waals surface area contributed by atoms with Gasteiger partial charge in [-0.15, -0.1) is 0 Å². The number of benzene rings is 1. The van der Waals surface area contributed by atoms with Crippen molar-refractivity contribution in [3.8, 4) is 0 Å². The molecule has 0 heterocycles. The normalized spacial score (nSPS) is 15.9. The van der Waals surface area contributed by atoms with Gasteiger partial charge in [0.1, 0.15) is 5.30 Å². The minimum Gasteiger partial charge on any atom is -0.234 e. The molecule has 3 heteroatoms. The lowest BCUT2D eigenvalue weighted by Gasteiger charge is -2.09. The van der Waals surface area contributed by atoms with Gasteiger partial charge in [-0.2, -0.15) is 0 Å². The van der Waals surface area contributed by atoms with Crippen molar-refractivity contribution in [3.63, 3.8) is 0 Å². The van der Waals surface area contributed by atoms with Crippen LogP contribution in [0, 0.1) is 0 Å². The third-order valence-electron chi connectivity index (χ3n) is 1.61. The fourth-order valence-corrected chi connectivity index (χ4v) is 2.26. The second-order valence-corrected chi connectivity index (χ2v) is 6.98. The van der Waals surface area contributed by atoms with Crippen LogP contribution in [0.25, 0.3) is 0 Å². The molecular formula is C8H12OPS+. The van der Waals surface area contributed by atoms with Crippen LogP contribution in [0.1, 0.15) is 6.92 Å². The summed E-state index contributed by atoms with van der Waals surface area (Å²) in [5.74, 6) is 0. The fraction of sp³-hybridized carbons (Fsp3) is 0.250. The van der Waals surface area contributed by atoms with Crippen molar-refractivity contribution in [2.75, 3.05) is 6.16 Å². The molecule has 1 N–H and O–H groups in total. The molecule has 0 radical (unpaired) electrons. The summed E-state index contributed by atoms with van der Waals surface area (Å²) in [6, 6.07) is 9.62. The third kappa shape index (κ3) is 2.19. The summed E-state index contributed by atoms with van der Waals surface area (Å²) in [5.41, 5.74) is 0. The van der Waals surface area contributed by atoms with E-state index in [1.807, 2.05) is 37.3 Å². The molecule has 0 saturated carbocycles. The summed E-state index contributed by atoms with van der Waals surface area (Å²) >= 11 is 4.24. The molecule has 1 aromatic rings. The van der Waals surface area contributed by atoms with Crippen molar-refractivity contribution >= 4 is 24.2 Å². The Hall–Kier alpha value is -0.0400. The molecule has 0 aromatic heterocycles. The van der Waals surface area contributed by atoms with Crippen LogP contribution in [0.3, 0.4) is 0 Å². The zero-order chi connectivity index (χ0) is 8.32. The highest BCUT2D eigenvalue weighted by atomic mass is 32.7. The minimum absolute atomic E-state index is 0.722. The third-order valence-corrected chi connectivity index (χ3v) is 5.16. The molecule has 1 unspecified atom stereocenters. The Bertz CT molecular complexity index is 223. The minimum atomic E-state index is -2.08. The molecule has 0 aliphatic carbocycles. The lowest BCUT2D eigenvalue weighted by molar-refractivity contribution is 0.631. The quantitative estimate of drug-likeness (QED) is 0.536. The zero-order valence-electron chi connectivity index (χ0n) is 6.44. The monoisotopic (exact) mass is 187 g/mol. The Morgan fingerprint density at radius 1 is 1.36 bits per heavy atom. The van der Waals surface area contributed by atoms with Crippen LogP contribution in [-0.2, 0) is 0 Å². The van der Waals surface area contributed by atoms with Gasteiger partial charge in [0, 0.05) is 12.2 Å². The first-order valence-electron chi connectivity index (χ1n) is 3.56. The molecule has 1 atom stereocenters. The highest BCUT2D eigenvalue weighted by molar-refractivity contribution is 8.53. The first-order valence-corrected chi connectivity index (χ1v) is 6.64. The summed E-state index contributed by atoms with van der Waals surface area (Å²) in [7, 11) is 0. The van der Waals surface area contributed by atoms with E-state index in [4.69, 9.17) is 0 Å². The van der Waals surface area contributed by atoms with Gasteiger partial charge in [-0.05, 0) is 19.1 Å². The molecule has 0 aliphatic rings. The molecule has 0 fully saturated rings. The predicted octanol–water partition coefficient (Wildman–Crippen LogP) is 2.10. The van der Waals surface area contributed by atoms with E-state index in [0.29, 0.717) is 0 Å². The Balaban J connectivity index is 2.93. The topological polar surface area (TPSA) is 20.2 Å². The summed E-state index contributed by atoms with van der Waals surface area (Å²) in [6.07, 6.45) is 0.722. The SMILES string of the molecule is CC[P+](O)(S)c1ccccc1. The number of rotatable bonds is 2. The van der Waals surface area contributed by atoms with Gasteiger partial charge in [0.05, 0.1) is 6.16 Å². The average molecular weight is 187 g/mol. The molecule has 0 spiro atoms. The Kier molecular flexibility index (Phi) is 2.94. The van der Waals surface area contributed by atoms with Gasteiger partial charge in [0.15, 0.2) is 0 Å². The predicted molar refractivity (Wildman–Crippen MR) is 54.7 cm³/mol. The molecule has 0 bridgehead atoms. The van der Waals surface area contributed by atoms with Crippen LogP contribution >= 0.6 is 18.9 Å². The van der Waals surface area contributed by atoms with Crippen molar-refractivity contribution in [2.24, 2.45) is 0 Å². The van der Waals surface area contributed by atoms with E-state index in [1.165, 1.54) is 0 Å². The van der Waals surface area contributed by atoms with Gasteiger partial charge in [-0.1, -0.05) is 18.2 Å². The molecule has 60 valence electrons. The smallest absolute Gasteiger partial charge is 0.229 e. The van der Waals surface area contributed by atoms with Gasteiger partial charge >= 0.3 is 0 Å². The maximum atomic E-state index is 9.77. The Morgan fingerprint density at radius 2 is 1.91 bits per heavy atom. The maximum absolute atomic E-state index is 9.77. The lowest BCUT2D eigenvalue weighted by atomic mass is 10.4.